The highest BCUT2D eigenvalue weighted by Crippen LogP contribution is 2.00. The van der Waals surface area contributed by atoms with Gasteiger partial charge in [-0.25, -0.2) is 4.79 Å². The number of H-pyrrole nitrogens is 1. The van der Waals surface area contributed by atoms with Gasteiger partial charge in [0.2, 0.25) is 5.95 Å². The highest BCUT2D eigenvalue weighted by molar-refractivity contribution is 5.23. The van der Waals surface area contributed by atoms with E-state index < -0.39 is 5.76 Å². The Hall–Kier alpha value is -1.30. The Morgan fingerprint density at radius 1 is 1.36 bits per heavy atom. The zero-order valence-electron chi connectivity index (χ0n) is 8.78. The normalized spacial score (nSPS) is 10.9. The second kappa shape index (κ2) is 4.80. The first-order valence-electron chi connectivity index (χ1n) is 4.51. The summed E-state index contributed by atoms with van der Waals surface area (Å²) in [4.78, 5) is 17.1. The minimum atomic E-state index is -0.514. The van der Waals surface area contributed by atoms with Gasteiger partial charge in [0.15, 0.2) is 0 Å². The molecule has 0 fully saturated rings. The van der Waals surface area contributed by atoms with E-state index in [1.54, 1.807) is 0 Å². The molecule has 0 bridgehead atoms. The Morgan fingerprint density at radius 3 is 2.57 bits per heavy atom. The SMILES string of the molecule is CN(C)CCCN(C)c1noc(=O)[nH]1. The van der Waals surface area contributed by atoms with Gasteiger partial charge in [-0.3, -0.25) is 9.51 Å². The second-order valence-corrected chi connectivity index (χ2v) is 3.50. The topological polar surface area (TPSA) is 65.4 Å². The number of anilines is 1. The van der Waals surface area contributed by atoms with Gasteiger partial charge in [0, 0.05) is 13.6 Å². The zero-order chi connectivity index (χ0) is 10.6. The Morgan fingerprint density at radius 2 is 2.07 bits per heavy atom. The Labute approximate surface area is 82.5 Å². The quantitative estimate of drug-likeness (QED) is 0.710. The summed E-state index contributed by atoms with van der Waals surface area (Å²) in [6.07, 6.45) is 1.01. The van der Waals surface area contributed by atoms with Crippen molar-refractivity contribution in [3.05, 3.63) is 10.6 Å². The zero-order valence-corrected chi connectivity index (χ0v) is 8.78. The van der Waals surface area contributed by atoms with E-state index in [0.29, 0.717) is 5.95 Å². The highest BCUT2D eigenvalue weighted by atomic mass is 16.5. The summed E-state index contributed by atoms with van der Waals surface area (Å²) in [5.74, 6) is -0.0341. The summed E-state index contributed by atoms with van der Waals surface area (Å²) >= 11 is 0. The van der Waals surface area contributed by atoms with Crippen molar-refractivity contribution in [3.63, 3.8) is 0 Å². The van der Waals surface area contributed by atoms with E-state index in [1.165, 1.54) is 0 Å². The number of aromatic nitrogens is 2. The molecule has 0 aliphatic heterocycles. The third-order valence-corrected chi connectivity index (χ3v) is 1.89. The van der Waals surface area contributed by atoms with Crippen LogP contribution in [0.4, 0.5) is 5.95 Å². The van der Waals surface area contributed by atoms with Gasteiger partial charge in [-0.05, 0) is 32.2 Å². The van der Waals surface area contributed by atoms with Crippen LogP contribution in [0.3, 0.4) is 0 Å². The van der Waals surface area contributed by atoms with Crippen molar-refractivity contribution in [2.45, 2.75) is 6.42 Å². The molecule has 0 aliphatic rings. The molecule has 6 heteroatoms. The maximum absolute atomic E-state index is 10.7. The lowest BCUT2D eigenvalue weighted by Crippen LogP contribution is -2.24. The van der Waals surface area contributed by atoms with Crippen molar-refractivity contribution < 1.29 is 4.52 Å². The average molecular weight is 200 g/mol. The number of nitrogens with zero attached hydrogens (tertiary/aromatic N) is 3. The first-order chi connectivity index (χ1) is 6.59. The van der Waals surface area contributed by atoms with Crippen LogP contribution < -0.4 is 10.7 Å². The molecule has 0 saturated carbocycles. The van der Waals surface area contributed by atoms with Gasteiger partial charge in [-0.2, -0.15) is 0 Å². The Bertz CT molecular complexity index is 317. The number of nitrogens with one attached hydrogen (secondary N) is 1. The highest BCUT2D eigenvalue weighted by Gasteiger charge is 2.05. The second-order valence-electron chi connectivity index (χ2n) is 3.50. The molecule has 0 spiro atoms. The molecule has 1 aromatic rings. The molecule has 0 unspecified atom stereocenters. The predicted octanol–water partition coefficient (Wildman–Crippen LogP) is -0.249. The summed E-state index contributed by atoms with van der Waals surface area (Å²) < 4.78 is 4.40. The third kappa shape index (κ3) is 3.21. The van der Waals surface area contributed by atoms with Crippen LogP contribution in [0.5, 0.6) is 0 Å². The van der Waals surface area contributed by atoms with E-state index in [1.807, 2.05) is 26.0 Å². The summed E-state index contributed by atoms with van der Waals surface area (Å²) in [5, 5.41) is 3.58. The predicted molar refractivity (Wildman–Crippen MR) is 53.6 cm³/mol. The van der Waals surface area contributed by atoms with Gasteiger partial charge < -0.3 is 9.80 Å². The van der Waals surface area contributed by atoms with E-state index in [2.05, 4.69) is 19.6 Å². The van der Waals surface area contributed by atoms with Gasteiger partial charge >= 0.3 is 5.76 Å². The molecule has 1 heterocycles. The van der Waals surface area contributed by atoms with Crippen LogP contribution in [0, 0.1) is 0 Å². The molecule has 80 valence electrons. The fraction of sp³-hybridized carbons (Fsp3) is 0.750. The molecule has 0 radical (unpaired) electrons. The lowest BCUT2D eigenvalue weighted by molar-refractivity contribution is 0.384. The van der Waals surface area contributed by atoms with E-state index in [-0.39, 0.29) is 0 Å². The molecular formula is C8H16N4O2. The van der Waals surface area contributed by atoms with E-state index in [4.69, 9.17) is 0 Å². The molecular weight excluding hydrogens is 184 g/mol. The van der Waals surface area contributed by atoms with Crippen LogP contribution in [-0.2, 0) is 0 Å². The van der Waals surface area contributed by atoms with E-state index in [9.17, 15) is 4.79 Å². The third-order valence-electron chi connectivity index (χ3n) is 1.89. The molecule has 0 aliphatic carbocycles. The van der Waals surface area contributed by atoms with E-state index >= 15 is 0 Å². The van der Waals surface area contributed by atoms with Crippen LogP contribution in [-0.4, -0.2) is 49.3 Å². The first-order valence-corrected chi connectivity index (χ1v) is 4.51. The van der Waals surface area contributed by atoms with Crippen molar-refractivity contribution in [2.24, 2.45) is 0 Å². The molecule has 0 amide bonds. The van der Waals surface area contributed by atoms with Crippen molar-refractivity contribution in [2.75, 3.05) is 39.1 Å². The largest absolute Gasteiger partial charge is 0.440 e. The van der Waals surface area contributed by atoms with Crippen LogP contribution in [0.15, 0.2) is 9.32 Å². The molecule has 0 aromatic carbocycles. The van der Waals surface area contributed by atoms with Crippen molar-refractivity contribution in [3.8, 4) is 0 Å². The number of hydrogen-bond acceptors (Lipinski definition) is 5. The van der Waals surface area contributed by atoms with Crippen LogP contribution in [0.2, 0.25) is 0 Å². The molecule has 6 nitrogen and oxygen atoms in total. The van der Waals surface area contributed by atoms with Gasteiger partial charge in [-0.15, -0.1) is 0 Å². The lowest BCUT2D eigenvalue weighted by Gasteiger charge is -2.16. The van der Waals surface area contributed by atoms with Gasteiger partial charge in [-0.1, -0.05) is 0 Å². The standard InChI is InChI=1S/C8H16N4O2/c1-11(2)5-4-6-12(3)7-9-8(13)14-10-7/h4-6H2,1-3H3,(H,9,10,13). The van der Waals surface area contributed by atoms with Crippen LogP contribution in [0.25, 0.3) is 0 Å². The Kier molecular flexibility index (Phi) is 3.70. The minimum Gasteiger partial charge on any atom is -0.343 e. The minimum absolute atomic E-state index is 0.480. The van der Waals surface area contributed by atoms with E-state index in [0.717, 1.165) is 19.5 Å². The molecule has 0 atom stereocenters. The first kappa shape index (κ1) is 10.8. The number of aromatic amines is 1. The smallest absolute Gasteiger partial charge is 0.343 e. The van der Waals surface area contributed by atoms with Crippen LogP contribution in [0.1, 0.15) is 6.42 Å². The van der Waals surface area contributed by atoms with Gasteiger partial charge in [0.25, 0.3) is 0 Å². The van der Waals surface area contributed by atoms with Crippen molar-refractivity contribution in [1.29, 1.82) is 0 Å². The van der Waals surface area contributed by atoms with Gasteiger partial charge in [0.1, 0.15) is 0 Å². The number of hydrogen-bond donors (Lipinski definition) is 1. The van der Waals surface area contributed by atoms with Crippen LogP contribution >= 0.6 is 0 Å². The summed E-state index contributed by atoms with van der Waals surface area (Å²) in [5.41, 5.74) is 0. The lowest BCUT2D eigenvalue weighted by atomic mass is 10.4. The fourth-order valence-corrected chi connectivity index (χ4v) is 1.12. The maximum Gasteiger partial charge on any atom is 0.440 e. The van der Waals surface area contributed by atoms with Crippen molar-refractivity contribution >= 4 is 5.95 Å². The van der Waals surface area contributed by atoms with Crippen molar-refractivity contribution in [1.82, 2.24) is 15.0 Å². The number of rotatable bonds is 5. The molecule has 1 aromatic heterocycles. The molecule has 0 saturated heterocycles. The van der Waals surface area contributed by atoms with Gasteiger partial charge in [0.05, 0.1) is 0 Å². The monoisotopic (exact) mass is 200 g/mol. The maximum atomic E-state index is 10.7. The molecule has 1 rings (SSSR count). The fourth-order valence-electron chi connectivity index (χ4n) is 1.12. The Balaban J connectivity index is 2.35. The average Bonchev–Trinajstić information content (AvgIpc) is 2.51. The molecule has 1 N–H and O–H groups in total. The summed E-state index contributed by atoms with van der Waals surface area (Å²) in [7, 11) is 5.92. The summed E-state index contributed by atoms with van der Waals surface area (Å²) in [6.45, 7) is 1.84. The molecule has 14 heavy (non-hydrogen) atoms. The summed E-state index contributed by atoms with van der Waals surface area (Å²) in [6, 6.07) is 0.